The first kappa shape index (κ1) is 15.7. The van der Waals surface area contributed by atoms with E-state index < -0.39 is 0 Å². The molecular weight excluding hydrogens is 290 g/mol. The van der Waals surface area contributed by atoms with Crippen LogP contribution in [0.3, 0.4) is 0 Å². The maximum Gasteiger partial charge on any atom is 0.232 e. The molecule has 1 atom stereocenters. The Bertz CT molecular complexity index is 715. The molecule has 5 heteroatoms. The minimum Gasteiger partial charge on any atom is -0.339 e. The Morgan fingerprint density at radius 1 is 1.30 bits per heavy atom. The van der Waals surface area contributed by atoms with E-state index in [1.807, 2.05) is 37.8 Å². The summed E-state index contributed by atoms with van der Waals surface area (Å²) in [6.07, 6.45) is 0.442. The number of carbonyl (C=O) groups is 1. The molecule has 2 aromatic rings. The van der Waals surface area contributed by atoms with Crippen molar-refractivity contribution in [1.29, 1.82) is 0 Å². The standard InChI is InChI=1S/C18H23N3O2/c1-12-7-5-6-8-13(12)10-21-11-14(9-15(21)22)16-19-17(20-23-16)18(2,3)4/h5-8,14H,9-11H2,1-4H3. The Hall–Kier alpha value is -2.17. The number of carbonyl (C=O) groups excluding carboxylic acids is 1. The van der Waals surface area contributed by atoms with Crippen LogP contribution in [-0.4, -0.2) is 27.5 Å². The summed E-state index contributed by atoms with van der Waals surface area (Å²) < 4.78 is 5.41. The van der Waals surface area contributed by atoms with Crippen LogP contribution in [0.2, 0.25) is 0 Å². The van der Waals surface area contributed by atoms with Gasteiger partial charge >= 0.3 is 0 Å². The van der Waals surface area contributed by atoms with Crippen molar-refractivity contribution in [3.63, 3.8) is 0 Å². The van der Waals surface area contributed by atoms with Crippen LogP contribution in [0, 0.1) is 6.92 Å². The van der Waals surface area contributed by atoms with Gasteiger partial charge in [-0.3, -0.25) is 4.79 Å². The smallest absolute Gasteiger partial charge is 0.232 e. The number of hydrogen-bond acceptors (Lipinski definition) is 4. The molecule has 3 rings (SSSR count). The number of likely N-dealkylation sites (tertiary alicyclic amines) is 1. The highest BCUT2D eigenvalue weighted by atomic mass is 16.5. The van der Waals surface area contributed by atoms with Crippen LogP contribution in [0.5, 0.6) is 0 Å². The minimum absolute atomic E-state index is 0.00452. The van der Waals surface area contributed by atoms with Crippen LogP contribution < -0.4 is 0 Å². The highest BCUT2D eigenvalue weighted by Crippen LogP contribution is 2.30. The van der Waals surface area contributed by atoms with Gasteiger partial charge in [-0.25, -0.2) is 0 Å². The van der Waals surface area contributed by atoms with Crippen molar-refractivity contribution in [1.82, 2.24) is 15.0 Å². The predicted octanol–water partition coefficient (Wildman–Crippen LogP) is 3.19. The fraction of sp³-hybridized carbons (Fsp3) is 0.500. The maximum atomic E-state index is 12.3. The zero-order chi connectivity index (χ0) is 16.6. The minimum atomic E-state index is -0.148. The number of benzene rings is 1. The lowest BCUT2D eigenvalue weighted by atomic mass is 9.96. The third kappa shape index (κ3) is 3.28. The van der Waals surface area contributed by atoms with E-state index in [1.54, 1.807) is 0 Å². The van der Waals surface area contributed by atoms with E-state index in [1.165, 1.54) is 11.1 Å². The van der Waals surface area contributed by atoms with E-state index in [2.05, 4.69) is 29.2 Å². The quantitative estimate of drug-likeness (QED) is 0.873. The van der Waals surface area contributed by atoms with Crippen molar-refractivity contribution >= 4 is 5.91 Å². The van der Waals surface area contributed by atoms with Crippen molar-refractivity contribution in [3.8, 4) is 0 Å². The van der Waals surface area contributed by atoms with Crippen molar-refractivity contribution < 1.29 is 9.32 Å². The van der Waals surface area contributed by atoms with Gasteiger partial charge in [0.15, 0.2) is 5.82 Å². The third-order valence-corrected chi connectivity index (χ3v) is 4.30. The first-order valence-electron chi connectivity index (χ1n) is 8.01. The first-order valence-corrected chi connectivity index (χ1v) is 8.01. The van der Waals surface area contributed by atoms with Crippen molar-refractivity contribution in [2.24, 2.45) is 0 Å². The number of nitrogens with zero attached hydrogens (tertiary/aromatic N) is 3. The van der Waals surface area contributed by atoms with Gasteiger partial charge in [0.1, 0.15) is 0 Å². The molecule has 1 fully saturated rings. The molecule has 0 aliphatic carbocycles. The lowest BCUT2D eigenvalue weighted by molar-refractivity contribution is -0.128. The van der Waals surface area contributed by atoms with Gasteiger partial charge in [0, 0.05) is 24.9 Å². The molecule has 1 aliphatic rings. The molecule has 1 aliphatic heterocycles. The topological polar surface area (TPSA) is 59.2 Å². The average molecular weight is 313 g/mol. The van der Waals surface area contributed by atoms with Crippen LogP contribution in [0.15, 0.2) is 28.8 Å². The third-order valence-electron chi connectivity index (χ3n) is 4.30. The molecule has 0 N–H and O–H groups in total. The second kappa shape index (κ2) is 5.80. The molecule has 2 heterocycles. The zero-order valence-electron chi connectivity index (χ0n) is 14.2. The Morgan fingerprint density at radius 3 is 2.70 bits per heavy atom. The summed E-state index contributed by atoms with van der Waals surface area (Å²) in [4.78, 5) is 18.7. The molecule has 23 heavy (non-hydrogen) atoms. The lowest BCUT2D eigenvalue weighted by Crippen LogP contribution is -2.24. The highest BCUT2D eigenvalue weighted by molar-refractivity contribution is 5.79. The number of aromatic nitrogens is 2. The fourth-order valence-corrected chi connectivity index (χ4v) is 2.79. The molecule has 122 valence electrons. The van der Waals surface area contributed by atoms with Crippen LogP contribution >= 0.6 is 0 Å². The van der Waals surface area contributed by atoms with Gasteiger partial charge in [-0.05, 0) is 18.1 Å². The Balaban J connectivity index is 1.72. The summed E-state index contributed by atoms with van der Waals surface area (Å²) in [5.74, 6) is 1.41. The van der Waals surface area contributed by atoms with Gasteiger partial charge in [0.05, 0.1) is 5.92 Å². The van der Waals surface area contributed by atoms with E-state index in [4.69, 9.17) is 4.52 Å². The van der Waals surface area contributed by atoms with Gasteiger partial charge < -0.3 is 9.42 Å². The zero-order valence-corrected chi connectivity index (χ0v) is 14.2. The van der Waals surface area contributed by atoms with Crippen molar-refractivity contribution in [3.05, 3.63) is 47.1 Å². The first-order chi connectivity index (χ1) is 10.8. The van der Waals surface area contributed by atoms with E-state index >= 15 is 0 Å². The van der Waals surface area contributed by atoms with Gasteiger partial charge in [-0.2, -0.15) is 4.98 Å². The SMILES string of the molecule is Cc1ccccc1CN1CC(c2nc(C(C)(C)C)no2)CC1=O. The molecule has 0 spiro atoms. The van der Waals surface area contributed by atoms with Crippen LogP contribution in [0.4, 0.5) is 0 Å². The van der Waals surface area contributed by atoms with E-state index in [-0.39, 0.29) is 17.2 Å². The molecule has 1 aromatic heterocycles. The van der Waals surface area contributed by atoms with Crippen LogP contribution in [-0.2, 0) is 16.8 Å². The number of rotatable bonds is 3. The average Bonchev–Trinajstić information content (AvgIpc) is 3.08. The van der Waals surface area contributed by atoms with Crippen molar-refractivity contribution in [2.45, 2.75) is 52.0 Å². The second-order valence-electron chi connectivity index (χ2n) is 7.31. The Morgan fingerprint density at radius 2 is 2.04 bits per heavy atom. The van der Waals surface area contributed by atoms with Crippen molar-refractivity contribution in [2.75, 3.05) is 6.54 Å². The normalized spacial score (nSPS) is 18.7. The summed E-state index contributed by atoms with van der Waals surface area (Å²) >= 11 is 0. The fourth-order valence-electron chi connectivity index (χ4n) is 2.79. The molecule has 0 radical (unpaired) electrons. The van der Waals surface area contributed by atoms with E-state index in [9.17, 15) is 4.79 Å². The van der Waals surface area contributed by atoms with Gasteiger partial charge in [-0.15, -0.1) is 0 Å². The molecule has 0 bridgehead atoms. The largest absolute Gasteiger partial charge is 0.339 e. The Labute approximate surface area is 136 Å². The maximum absolute atomic E-state index is 12.3. The molecule has 1 aromatic carbocycles. The molecule has 1 amide bonds. The van der Waals surface area contributed by atoms with E-state index in [0.717, 1.165) is 0 Å². The number of hydrogen-bond donors (Lipinski definition) is 0. The number of amides is 1. The van der Waals surface area contributed by atoms with Gasteiger partial charge in [-0.1, -0.05) is 50.2 Å². The molecular formula is C18H23N3O2. The second-order valence-corrected chi connectivity index (χ2v) is 7.31. The highest BCUT2D eigenvalue weighted by Gasteiger charge is 2.35. The summed E-state index contributed by atoms with van der Waals surface area (Å²) in [6.45, 7) is 9.49. The molecule has 1 unspecified atom stereocenters. The Kier molecular flexibility index (Phi) is 3.96. The number of aryl methyl sites for hydroxylation is 1. The van der Waals surface area contributed by atoms with Crippen LogP contribution in [0.25, 0.3) is 0 Å². The summed E-state index contributed by atoms with van der Waals surface area (Å²) in [5.41, 5.74) is 2.24. The summed E-state index contributed by atoms with van der Waals surface area (Å²) in [5, 5.41) is 4.06. The van der Waals surface area contributed by atoms with Gasteiger partial charge in [0.25, 0.3) is 0 Å². The monoisotopic (exact) mass is 313 g/mol. The van der Waals surface area contributed by atoms with Gasteiger partial charge in [0.2, 0.25) is 11.8 Å². The van der Waals surface area contributed by atoms with Crippen LogP contribution in [0.1, 0.15) is 56.0 Å². The van der Waals surface area contributed by atoms with E-state index in [0.29, 0.717) is 31.2 Å². The summed E-state index contributed by atoms with van der Waals surface area (Å²) in [7, 11) is 0. The summed E-state index contributed by atoms with van der Waals surface area (Å²) in [6, 6.07) is 8.16. The predicted molar refractivity (Wildman–Crippen MR) is 87.0 cm³/mol. The molecule has 0 saturated carbocycles. The molecule has 5 nitrogen and oxygen atoms in total. The molecule has 1 saturated heterocycles. The lowest BCUT2D eigenvalue weighted by Gasteiger charge is -2.17.